The molecule has 148 valence electrons. The van der Waals surface area contributed by atoms with Gasteiger partial charge in [0, 0.05) is 49.7 Å². The van der Waals surface area contributed by atoms with Crippen molar-refractivity contribution in [2.75, 3.05) is 57.4 Å². The molecule has 1 atom stereocenters. The van der Waals surface area contributed by atoms with Crippen LogP contribution in [-0.2, 0) is 14.2 Å². The van der Waals surface area contributed by atoms with E-state index in [4.69, 9.17) is 31.5 Å². The van der Waals surface area contributed by atoms with Crippen LogP contribution in [0.3, 0.4) is 0 Å². The van der Waals surface area contributed by atoms with Gasteiger partial charge in [0.25, 0.3) is 0 Å². The minimum atomic E-state index is -0.461. The van der Waals surface area contributed by atoms with Crippen molar-refractivity contribution in [2.45, 2.75) is 24.7 Å². The van der Waals surface area contributed by atoms with E-state index < -0.39 is 5.79 Å². The number of nitrogens with zero attached hydrogens (tertiary/aromatic N) is 3. The molecule has 1 aromatic carbocycles. The van der Waals surface area contributed by atoms with Crippen LogP contribution in [0.1, 0.15) is 12.8 Å². The number of halogens is 1. The summed E-state index contributed by atoms with van der Waals surface area (Å²) in [6.07, 6.45) is 1.54. The van der Waals surface area contributed by atoms with E-state index in [0.717, 1.165) is 44.0 Å². The van der Waals surface area contributed by atoms with Gasteiger partial charge in [0.05, 0.1) is 26.4 Å². The third kappa shape index (κ3) is 4.48. The Kier molecular flexibility index (Phi) is 5.73. The summed E-state index contributed by atoms with van der Waals surface area (Å²) in [5.74, 6) is 0.125. The molecule has 2 N–H and O–H groups in total. The van der Waals surface area contributed by atoms with Gasteiger partial charge in [0.15, 0.2) is 11.7 Å². The summed E-state index contributed by atoms with van der Waals surface area (Å²) in [7, 11) is 0. The maximum atomic E-state index is 6.22. The average molecular weight is 395 g/mol. The number of hydrogen-bond donors (Lipinski definition) is 1. The average Bonchev–Trinajstić information content (AvgIpc) is 3.09. The third-order valence-corrected chi connectivity index (χ3v) is 5.67. The zero-order chi connectivity index (χ0) is 18.7. The molecule has 0 radical (unpaired) electrons. The van der Waals surface area contributed by atoms with Gasteiger partial charge < -0.3 is 29.7 Å². The van der Waals surface area contributed by atoms with Gasteiger partial charge in [0.1, 0.15) is 6.10 Å². The van der Waals surface area contributed by atoms with Gasteiger partial charge in [-0.05, 0) is 24.3 Å². The summed E-state index contributed by atoms with van der Waals surface area (Å²) in [4.78, 5) is 9.03. The first-order valence-corrected chi connectivity index (χ1v) is 9.96. The zero-order valence-electron chi connectivity index (χ0n) is 15.5. The Bertz CT molecular complexity index is 655. The van der Waals surface area contributed by atoms with Crippen LogP contribution >= 0.6 is 11.6 Å². The highest BCUT2D eigenvalue weighted by Crippen LogP contribution is 2.33. The molecule has 3 saturated heterocycles. The highest BCUT2D eigenvalue weighted by molar-refractivity contribution is 6.30. The Labute approximate surface area is 165 Å². The summed E-state index contributed by atoms with van der Waals surface area (Å²) >= 11 is 5.97. The minimum Gasteiger partial charge on any atom is -0.381 e. The molecule has 3 aliphatic rings. The molecule has 0 bridgehead atoms. The van der Waals surface area contributed by atoms with E-state index in [-0.39, 0.29) is 6.10 Å². The van der Waals surface area contributed by atoms with E-state index in [1.807, 2.05) is 12.1 Å². The van der Waals surface area contributed by atoms with Crippen molar-refractivity contribution in [3.8, 4) is 0 Å². The molecule has 8 heteroatoms. The molecule has 3 aliphatic heterocycles. The molecular weight excluding hydrogens is 368 g/mol. The standard InChI is InChI=1S/C19H27ClN4O3/c20-15-1-3-16(4-2-15)23-7-9-24(10-8-23)18(21)22-13-17-14-26-19(27-17)5-11-25-12-6-19/h1-4,17H,5-14H2,(H2,21,22). The van der Waals surface area contributed by atoms with Gasteiger partial charge in [-0.25, -0.2) is 0 Å². The van der Waals surface area contributed by atoms with Crippen molar-refractivity contribution in [1.82, 2.24) is 4.90 Å². The maximum absolute atomic E-state index is 6.22. The Hall–Kier alpha value is -1.54. The summed E-state index contributed by atoms with van der Waals surface area (Å²) in [5, 5.41) is 0.759. The first-order chi connectivity index (χ1) is 13.1. The fourth-order valence-corrected chi connectivity index (χ4v) is 3.92. The number of hydrogen-bond acceptors (Lipinski definition) is 5. The fraction of sp³-hybridized carbons (Fsp3) is 0.632. The van der Waals surface area contributed by atoms with Crippen LogP contribution in [-0.4, -0.2) is 75.3 Å². The van der Waals surface area contributed by atoms with Gasteiger partial charge in [-0.1, -0.05) is 11.6 Å². The van der Waals surface area contributed by atoms with E-state index in [0.29, 0.717) is 32.3 Å². The van der Waals surface area contributed by atoms with Gasteiger partial charge >= 0.3 is 0 Å². The number of benzene rings is 1. The molecule has 3 heterocycles. The number of ether oxygens (including phenoxy) is 3. The highest BCUT2D eigenvalue weighted by atomic mass is 35.5. The lowest BCUT2D eigenvalue weighted by molar-refractivity contribution is -0.210. The zero-order valence-corrected chi connectivity index (χ0v) is 16.2. The molecule has 1 unspecified atom stereocenters. The Morgan fingerprint density at radius 2 is 1.85 bits per heavy atom. The number of guanidine groups is 1. The van der Waals surface area contributed by atoms with Crippen LogP contribution in [0, 0.1) is 0 Å². The summed E-state index contributed by atoms with van der Waals surface area (Å²) in [5.41, 5.74) is 7.41. The lowest BCUT2D eigenvalue weighted by Gasteiger charge is -2.36. The minimum absolute atomic E-state index is 0.0305. The van der Waals surface area contributed by atoms with Crippen molar-refractivity contribution in [3.05, 3.63) is 29.3 Å². The van der Waals surface area contributed by atoms with Crippen molar-refractivity contribution in [3.63, 3.8) is 0 Å². The second-order valence-corrected chi connectivity index (χ2v) is 7.66. The predicted octanol–water partition coefficient (Wildman–Crippen LogP) is 1.70. The summed E-state index contributed by atoms with van der Waals surface area (Å²) < 4.78 is 17.4. The van der Waals surface area contributed by atoms with Crippen LogP contribution in [0.25, 0.3) is 0 Å². The molecule has 3 fully saturated rings. The van der Waals surface area contributed by atoms with Gasteiger partial charge in [0.2, 0.25) is 0 Å². The first kappa shape index (κ1) is 18.8. The summed E-state index contributed by atoms with van der Waals surface area (Å²) in [6.45, 7) is 6.00. The molecule has 0 saturated carbocycles. The molecule has 27 heavy (non-hydrogen) atoms. The fourth-order valence-electron chi connectivity index (χ4n) is 3.79. The van der Waals surface area contributed by atoms with Crippen LogP contribution in [0.15, 0.2) is 29.3 Å². The smallest absolute Gasteiger partial charge is 0.191 e. The third-order valence-electron chi connectivity index (χ3n) is 5.42. The lowest BCUT2D eigenvalue weighted by atomic mass is 10.1. The molecule has 1 spiro atoms. The SMILES string of the molecule is NC(=NCC1COC2(CCOCC2)O1)N1CCN(c2ccc(Cl)cc2)CC1. The number of piperazine rings is 1. The largest absolute Gasteiger partial charge is 0.381 e. The Balaban J connectivity index is 1.25. The molecule has 0 amide bonds. The number of rotatable bonds is 3. The number of nitrogens with two attached hydrogens (primary N) is 1. The Morgan fingerprint density at radius 1 is 1.15 bits per heavy atom. The van der Waals surface area contributed by atoms with Crippen LogP contribution in [0.2, 0.25) is 5.02 Å². The Morgan fingerprint density at radius 3 is 2.56 bits per heavy atom. The van der Waals surface area contributed by atoms with E-state index in [1.165, 1.54) is 5.69 Å². The number of anilines is 1. The second-order valence-electron chi connectivity index (χ2n) is 7.22. The van der Waals surface area contributed by atoms with Crippen molar-refractivity contribution in [1.29, 1.82) is 0 Å². The molecule has 1 aromatic rings. The molecule has 0 aromatic heterocycles. The quantitative estimate of drug-likeness (QED) is 0.621. The topological polar surface area (TPSA) is 72.5 Å². The van der Waals surface area contributed by atoms with E-state index >= 15 is 0 Å². The van der Waals surface area contributed by atoms with E-state index in [1.54, 1.807) is 0 Å². The van der Waals surface area contributed by atoms with Gasteiger partial charge in [-0.15, -0.1) is 0 Å². The first-order valence-electron chi connectivity index (χ1n) is 9.58. The van der Waals surface area contributed by atoms with E-state index in [2.05, 4.69) is 26.9 Å². The van der Waals surface area contributed by atoms with Crippen molar-refractivity contribution in [2.24, 2.45) is 10.7 Å². The molecule has 4 rings (SSSR count). The monoisotopic (exact) mass is 394 g/mol. The number of aliphatic imine (C=N–C) groups is 1. The normalized spacial score (nSPS) is 26.0. The molecule has 7 nitrogen and oxygen atoms in total. The van der Waals surface area contributed by atoms with Crippen LogP contribution < -0.4 is 10.6 Å². The second kappa shape index (κ2) is 8.22. The van der Waals surface area contributed by atoms with Crippen LogP contribution in [0.5, 0.6) is 0 Å². The predicted molar refractivity (Wildman–Crippen MR) is 105 cm³/mol. The van der Waals surface area contributed by atoms with Gasteiger partial charge in [-0.2, -0.15) is 0 Å². The maximum Gasteiger partial charge on any atom is 0.191 e. The van der Waals surface area contributed by atoms with Crippen molar-refractivity contribution >= 4 is 23.2 Å². The summed E-state index contributed by atoms with van der Waals surface area (Å²) in [6, 6.07) is 7.96. The highest BCUT2D eigenvalue weighted by Gasteiger charge is 2.42. The van der Waals surface area contributed by atoms with E-state index in [9.17, 15) is 0 Å². The van der Waals surface area contributed by atoms with Crippen LogP contribution in [0.4, 0.5) is 5.69 Å². The molecule has 0 aliphatic carbocycles. The van der Waals surface area contributed by atoms with Gasteiger partial charge in [-0.3, -0.25) is 4.99 Å². The molecular formula is C19H27ClN4O3. The lowest BCUT2D eigenvalue weighted by Crippen LogP contribution is -2.51. The van der Waals surface area contributed by atoms with Crippen molar-refractivity contribution < 1.29 is 14.2 Å².